The summed E-state index contributed by atoms with van der Waals surface area (Å²) in [6, 6.07) is 0. The predicted octanol–water partition coefficient (Wildman–Crippen LogP) is 0.630. The van der Waals surface area contributed by atoms with E-state index < -0.39 is 0 Å². The maximum atomic E-state index is 11.5. The van der Waals surface area contributed by atoms with Crippen LogP contribution in [0, 0.1) is 5.92 Å². The number of nitrogens with zero attached hydrogens (tertiary/aromatic N) is 1. The van der Waals surface area contributed by atoms with Gasteiger partial charge in [0.15, 0.2) is 0 Å². The first-order valence-corrected chi connectivity index (χ1v) is 4.86. The zero-order valence-electron chi connectivity index (χ0n) is 8.42. The fraction of sp³-hybridized carbons (Fsp3) is 0.700. The van der Waals surface area contributed by atoms with Crippen LogP contribution in [0.2, 0.25) is 0 Å². The van der Waals surface area contributed by atoms with Crippen molar-refractivity contribution < 1.29 is 4.79 Å². The average Bonchev–Trinajstić information content (AvgIpc) is 2.30. The molecule has 13 heavy (non-hydrogen) atoms. The van der Waals surface area contributed by atoms with Crippen LogP contribution in [0.5, 0.6) is 0 Å². The van der Waals surface area contributed by atoms with E-state index in [4.69, 9.17) is 0 Å². The summed E-state index contributed by atoms with van der Waals surface area (Å²) in [5, 5.41) is 3.31. The van der Waals surface area contributed by atoms with Crippen molar-refractivity contribution in [2.45, 2.75) is 13.8 Å². The molecule has 1 rings (SSSR count). The molecule has 1 unspecified atom stereocenters. The van der Waals surface area contributed by atoms with E-state index in [0.717, 1.165) is 26.2 Å². The van der Waals surface area contributed by atoms with E-state index in [9.17, 15) is 4.79 Å². The average molecular weight is 182 g/mol. The van der Waals surface area contributed by atoms with E-state index >= 15 is 0 Å². The van der Waals surface area contributed by atoms with Gasteiger partial charge in [-0.05, 0) is 25.5 Å². The third-order valence-electron chi connectivity index (χ3n) is 2.20. The molecule has 3 nitrogen and oxygen atoms in total. The third-order valence-corrected chi connectivity index (χ3v) is 2.20. The monoisotopic (exact) mass is 182 g/mol. The van der Waals surface area contributed by atoms with E-state index in [1.54, 1.807) is 12.2 Å². The van der Waals surface area contributed by atoms with Crippen LogP contribution in [0.4, 0.5) is 0 Å². The molecule has 0 aliphatic carbocycles. The molecule has 1 aliphatic rings. The standard InChI is InChI=1S/C10H18N2O/c1-3-4-10(13)12-6-5-11-7-9(2)8-12/h3-4,9,11H,5-8H2,1-2H3/b4-3+. The Hall–Kier alpha value is -0.830. The Morgan fingerprint density at radius 1 is 1.62 bits per heavy atom. The SMILES string of the molecule is C/C=C/C(=O)N1CCNCC(C)C1. The van der Waals surface area contributed by atoms with Gasteiger partial charge >= 0.3 is 0 Å². The van der Waals surface area contributed by atoms with Crippen molar-refractivity contribution in [3.8, 4) is 0 Å². The molecule has 0 radical (unpaired) electrons. The molecule has 0 aromatic heterocycles. The van der Waals surface area contributed by atoms with Crippen molar-refractivity contribution >= 4 is 5.91 Å². The van der Waals surface area contributed by atoms with Crippen LogP contribution in [-0.4, -0.2) is 37.0 Å². The number of carbonyl (C=O) groups is 1. The Morgan fingerprint density at radius 3 is 3.08 bits per heavy atom. The van der Waals surface area contributed by atoms with Crippen LogP contribution in [0.3, 0.4) is 0 Å². The summed E-state index contributed by atoms with van der Waals surface area (Å²) in [5.74, 6) is 0.690. The molecule has 1 N–H and O–H groups in total. The minimum absolute atomic E-state index is 0.137. The number of carbonyl (C=O) groups excluding carboxylic acids is 1. The van der Waals surface area contributed by atoms with Gasteiger partial charge in [0, 0.05) is 19.6 Å². The number of hydrogen-bond donors (Lipinski definition) is 1. The van der Waals surface area contributed by atoms with Crippen LogP contribution < -0.4 is 5.32 Å². The molecule has 0 aromatic carbocycles. The summed E-state index contributed by atoms with van der Waals surface area (Å²) in [5.41, 5.74) is 0. The summed E-state index contributed by atoms with van der Waals surface area (Å²) < 4.78 is 0. The van der Waals surface area contributed by atoms with E-state index in [-0.39, 0.29) is 5.91 Å². The van der Waals surface area contributed by atoms with Crippen molar-refractivity contribution in [1.29, 1.82) is 0 Å². The maximum absolute atomic E-state index is 11.5. The highest BCUT2D eigenvalue weighted by Crippen LogP contribution is 2.03. The van der Waals surface area contributed by atoms with E-state index in [2.05, 4.69) is 12.2 Å². The highest BCUT2D eigenvalue weighted by atomic mass is 16.2. The molecule has 74 valence electrons. The van der Waals surface area contributed by atoms with Gasteiger partial charge in [-0.3, -0.25) is 4.79 Å². The van der Waals surface area contributed by atoms with Gasteiger partial charge in [0.1, 0.15) is 0 Å². The second kappa shape index (κ2) is 5.02. The van der Waals surface area contributed by atoms with Crippen molar-refractivity contribution in [3.05, 3.63) is 12.2 Å². The Labute approximate surface area is 79.8 Å². The number of amides is 1. The third kappa shape index (κ3) is 3.19. The first-order chi connectivity index (χ1) is 6.24. The minimum atomic E-state index is 0.137. The number of allylic oxidation sites excluding steroid dienone is 1. The summed E-state index contributed by atoms with van der Waals surface area (Å²) >= 11 is 0. The zero-order valence-corrected chi connectivity index (χ0v) is 8.42. The Morgan fingerprint density at radius 2 is 2.38 bits per heavy atom. The lowest BCUT2D eigenvalue weighted by Gasteiger charge is -2.20. The van der Waals surface area contributed by atoms with E-state index in [1.165, 1.54) is 0 Å². The van der Waals surface area contributed by atoms with E-state index in [0.29, 0.717) is 5.92 Å². The highest BCUT2D eigenvalue weighted by Gasteiger charge is 2.16. The molecule has 1 atom stereocenters. The van der Waals surface area contributed by atoms with Gasteiger partial charge in [-0.25, -0.2) is 0 Å². The highest BCUT2D eigenvalue weighted by molar-refractivity contribution is 5.87. The van der Waals surface area contributed by atoms with Gasteiger partial charge in [-0.1, -0.05) is 13.0 Å². The normalized spacial score (nSPS) is 24.8. The lowest BCUT2D eigenvalue weighted by Crippen LogP contribution is -2.34. The largest absolute Gasteiger partial charge is 0.338 e. The fourth-order valence-electron chi connectivity index (χ4n) is 1.54. The van der Waals surface area contributed by atoms with Gasteiger partial charge in [-0.15, -0.1) is 0 Å². The van der Waals surface area contributed by atoms with Gasteiger partial charge in [0.05, 0.1) is 0 Å². The van der Waals surface area contributed by atoms with Crippen LogP contribution in [0.25, 0.3) is 0 Å². The number of rotatable bonds is 1. The Balaban J connectivity index is 2.51. The fourth-order valence-corrected chi connectivity index (χ4v) is 1.54. The summed E-state index contributed by atoms with van der Waals surface area (Å²) in [6.07, 6.45) is 3.43. The van der Waals surface area contributed by atoms with Crippen LogP contribution in [0.1, 0.15) is 13.8 Å². The lowest BCUT2D eigenvalue weighted by atomic mass is 10.2. The maximum Gasteiger partial charge on any atom is 0.246 e. The van der Waals surface area contributed by atoms with Gasteiger partial charge < -0.3 is 10.2 Å². The second-order valence-corrected chi connectivity index (χ2v) is 3.59. The molecule has 0 aromatic rings. The predicted molar refractivity (Wildman–Crippen MR) is 53.4 cm³/mol. The first kappa shape index (κ1) is 10.3. The molecule has 0 bridgehead atoms. The smallest absolute Gasteiger partial charge is 0.246 e. The van der Waals surface area contributed by atoms with Crippen molar-refractivity contribution in [2.75, 3.05) is 26.2 Å². The van der Waals surface area contributed by atoms with Gasteiger partial charge in [0.2, 0.25) is 5.91 Å². The minimum Gasteiger partial charge on any atom is -0.338 e. The number of nitrogens with one attached hydrogen (secondary N) is 1. The number of hydrogen-bond acceptors (Lipinski definition) is 2. The molecule has 1 saturated heterocycles. The Kier molecular flexibility index (Phi) is 3.96. The molecule has 1 amide bonds. The molecular weight excluding hydrogens is 164 g/mol. The summed E-state index contributed by atoms with van der Waals surface area (Å²) in [7, 11) is 0. The quantitative estimate of drug-likeness (QED) is 0.603. The van der Waals surface area contributed by atoms with Crippen molar-refractivity contribution in [3.63, 3.8) is 0 Å². The summed E-state index contributed by atoms with van der Waals surface area (Å²) in [4.78, 5) is 13.4. The molecule has 3 heteroatoms. The molecule has 1 fully saturated rings. The Bertz CT molecular complexity index is 201. The molecule has 1 aliphatic heterocycles. The van der Waals surface area contributed by atoms with Crippen molar-refractivity contribution in [1.82, 2.24) is 10.2 Å². The summed E-state index contributed by atoms with van der Waals surface area (Å²) in [6.45, 7) is 7.66. The van der Waals surface area contributed by atoms with Crippen LogP contribution in [-0.2, 0) is 4.79 Å². The second-order valence-electron chi connectivity index (χ2n) is 3.59. The molecule has 1 heterocycles. The lowest BCUT2D eigenvalue weighted by molar-refractivity contribution is -0.126. The van der Waals surface area contributed by atoms with Crippen molar-refractivity contribution in [2.24, 2.45) is 5.92 Å². The van der Waals surface area contributed by atoms with Gasteiger partial charge in [-0.2, -0.15) is 0 Å². The van der Waals surface area contributed by atoms with E-state index in [1.807, 2.05) is 11.8 Å². The molecular formula is C10H18N2O. The van der Waals surface area contributed by atoms with Gasteiger partial charge in [0.25, 0.3) is 0 Å². The molecule has 0 spiro atoms. The van der Waals surface area contributed by atoms with Crippen LogP contribution >= 0.6 is 0 Å². The van der Waals surface area contributed by atoms with Crippen LogP contribution in [0.15, 0.2) is 12.2 Å². The topological polar surface area (TPSA) is 32.3 Å². The zero-order chi connectivity index (χ0) is 9.68. The molecule has 0 saturated carbocycles. The first-order valence-electron chi connectivity index (χ1n) is 4.86.